The molecule has 3 heteroatoms. The second kappa shape index (κ2) is 3.17. The number of allylic oxidation sites excluding steroid dienone is 5. The fourth-order valence-corrected chi connectivity index (χ4v) is 1.02. The number of hydrogen-bond acceptors (Lipinski definition) is 0. The van der Waals surface area contributed by atoms with E-state index in [1.807, 2.05) is 0 Å². The molecule has 0 spiro atoms. The van der Waals surface area contributed by atoms with E-state index in [-0.39, 0.29) is 5.92 Å². The molecule has 0 bridgehead atoms. The molecule has 0 saturated heterocycles. The van der Waals surface area contributed by atoms with Gasteiger partial charge in [-0.3, -0.25) is 0 Å². The summed E-state index contributed by atoms with van der Waals surface area (Å²) < 4.78 is 36.1. The molecular formula is C9H9F3. The smallest absolute Gasteiger partial charge is 0.166 e. The van der Waals surface area contributed by atoms with Gasteiger partial charge in [-0.1, -0.05) is 24.3 Å². The number of alkyl halides is 3. The van der Waals surface area contributed by atoms with E-state index >= 15 is 0 Å². The third kappa shape index (κ3) is 2.00. The molecule has 0 N–H and O–H groups in total. The molecule has 0 amide bonds. The summed E-state index contributed by atoms with van der Waals surface area (Å²) in [6.45, 7) is 3.51. The van der Waals surface area contributed by atoms with Crippen LogP contribution in [0.3, 0.4) is 0 Å². The first-order valence-corrected chi connectivity index (χ1v) is 3.62. The van der Waals surface area contributed by atoms with Crippen molar-refractivity contribution in [3.05, 3.63) is 36.5 Å². The summed E-state index contributed by atoms with van der Waals surface area (Å²) in [5, 5.41) is 0. The van der Waals surface area contributed by atoms with Crippen LogP contribution in [-0.2, 0) is 0 Å². The molecule has 0 aromatic heterocycles. The molecule has 1 rings (SSSR count). The minimum Gasteiger partial charge on any atom is -0.166 e. The van der Waals surface area contributed by atoms with Crippen molar-refractivity contribution in [1.82, 2.24) is 0 Å². The van der Waals surface area contributed by atoms with Crippen LogP contribution in [0.4, 0.5) is 13.2 Å². The van der Waals surface area contributed by atoms with E-state index in [2.05, 4.69) is 6.58 Å². The first kappa shape index (κ1) is 9.10. The SMILES string of the molecule is C=CC1C=CC(C(F)(F)F)=CC1. The van der Waals surface area contributed by atoms with Gasteiger partial charge in [0.2, 0.25) is 0 Å². The molecule has 0 nitrogen and oxygen atoms in total. The van der Waals surface area contributed by atoms with E-state index in [9.17, 15) is 13.2 Å². The Morgan fingerprint density at radius 2 is 2.17 bits per heavy atom. The predicted molar refractivity (Wildman–Crippen MR) is 41.6 cm³/mol. The Morgan fingerprint density at radius 3 is 2.50 bits per heavy atom. The van der Waals surface area contributed by atoms with Gasteiger partial charge in [0.1, 0.15) is 0 Å². The highest BCUT2D eigenvalue weighted by atomic mass is 19.4. The van der Waals surface area contributed by atoms with Crippen molar-refractivity contribution in [3.63, 3.8) is 0 Å². The van der Waals surface area contributed by atoms with E-state index < -0.39 is 11.7 Å². The van der Waals surface area contributed by atoms with E-state index in [1.54, 1.807) is 6.08 Å². The van der Waals surface area contributed by atoms with E-state index in [1.165, 1.54) is 12.2 Å². The van der Waals surface area contributed by atoms with Gasteiger partial charge in [0.15, 0.2) is 0 Å². The molecule has 0 heterocycles. The van der Waals surface area contributed by atoms with Crippen LogP contribution in [-0.4, -0.2) is 6.18 Å². The van der Waals surface area contributed by atoms with Gasteiger partial charge in [0.25, 0.3) is 0 Å². The second-order valence-electron chi connectivity index (χ2n) is 2.65. The standard InChI is InChI=1S/C9H9F3/c1-2-7-3-5-8(6-4-7)9(10,11)12/h2-3,5-7H,1,4H2. The zero-order valence-electron chi connectivity index (χ0n) is 6.43. The Hall–Kier alpha value is -0.990. The lowest BCUT2D eigenvalue weighted by Gasteiger charge is -2.14. The Morgan fingerprint density at radius 1 is 1.50 bits per heavy atom. The van der Waals surface area contributed by atoms with Gasteiger partial charge in [0.05, 0.1) is 5.57 Å². The highest BCUT2D eigenvalue weighted by molar-refractivity contribution is 5.29. The Labute approximate surface area is 69.1 Å². The van der Waals surface area contributed by atoms with E-state index in [0.29, 0.717) is 6.42 Å². The second-order valence-corrected chi connectivity index (χ2v) is 2.65. The molecule has 0 aliphatic heterocycles. The van der Waals surface area contributed by atoms with Crippen LogP contribution in [0.15, 0.2) is 36.5 Å². The minimum absolute atomic E-state index is 0.0519. The first-order chi connectivity index (χ1) is 5.54. The lowest BCUT2D eigenvalue weighted by molar-refractivity contribution is -0.0886. The molecule has 0 aromatic carbocycles. The summed E-state index contributed by atoms with van der Waals surface area (Å²) >= 11 is 0. The van der Waals surface area contributed by atoms with Crippen molar-refractivity contribution in [1.29, 1.82) is 0 Å². The zero-order chi connectivity index (χ0) is 9.19. The van der Waals surface area contributed by atoms with Crippen LogP contribution in [0.2, 0.25) is 0 Å². The lowest BCUT2D eigenvalue weighted by atomic mass is 9.97. The molecule has 12 heavy (non-hydrogen) atoms. The topological polar surface area (TPSA) is 0 Å². The van der Waals surface area contributed by atoms with Crippen LogP contribution in [0.25, 0.3) is 0 Å². The fourth-order valence-electron chi connectivity index (χ4n) is 1.02. The van der Waals surface area contributed by atoms with Crippen LogP contribution in [0, 0.1) is 5.92 Å². The monoisotopic (exact) mass is 174 g/mol. The molecule has 66 valence electrons. The largest absolute Gasteiger partial charge is 0.416 e. The molecule has 0 fully saturated rings. The molecule has 0 aromatic rings. The Balaban J connectivity index is 2.70. The molecule has 1 unspecified atom stereocenters. The molecule has 0 saturated carbocycles. The molecule has 0 radical (unpaired) electrons. The summed E-state index contributed by atoms with van der Waals surface area (Å²) in [7, 11) is 0. The molecule has 1 atom stereocenters. The lowest BCUT2D eigenvalue weighted by Crippen LogP contribution is -2.12. The van der Waals surface area contributed by atoms with Crippen LogP contribution in [0.1, 0.15) is 6.42 Å². The van der Waals surface area contributed by atoms with Crippen LogP contribution < -0.4 is 0 Å². The summed E-state index contributed by atoms with van der Waals surface area (Å²) in [5.41, 5.74) is -0.555. The summed E-state index contributed by atoms with van der Waals surface area (Å²) in [5.74, 6) is 0.0519. The Bertz CT molecular complexity index is 233. The maximum atomic E-state index is 12.0. The van der Waals surface area contributed by atoms with Gasteiger partial charge in [-0.15, -0.1) is 6.58 Å². The highest BCUT2D eigenvalue weighted by Gasteiger charge is 2.32. The van der Waals surface area contributed by atoms with Crippen molar-refractivity contribution >= 4 is 0 Å². The van der Waals surface area contributed by atoms with Crippen molar-refractivity contribution < 1.29 is 13.2 Å². The number of halogens is 3. The summed E-state index contributed by atoms with van der Waals surface area (Å²) in [6, 6.07) is 0. The third-order valence-electron chi connectivity index (χ3n) is 1.76. The van der Waals surface area contributed by atoms with Gasteiger partial charge in [-0.25, -0.2) is 0 Å². The van der Waals surface area contributed by atoms with Crippen molar-refractivity contribution in [2.45, 2.75) is 12.6 Å². The van der Waals surface area contributed by atoms with E-state index in [4.69, 9.17) is 0 Å². The van der Waals surface area contributed by atoms with E-state index in [0.717, 1.165) is 6.08 Å². The highest BCUT2D eigenvalue weighted by Crippen LogP contribution is 2.30. The third-order valence-corrected chi connectivity index (χ3v) is 1.76. The van der Waals surface area contributed by atoms with Gasteiger partial charge < -0.3 is 0 Å². The maximum absolute atomic E-state index is 12.0. The zero-order valence-corrected chi connectivity index (χ0v) is 6.43. The van der Waals surface area contributed by atoms with Crippen molar-refractivity contribution in [2.75, 3.05) is 0 Å². The normalized spacial score (nSPS) is 23.6. The van der Waals surface area contributed by atoms with Crippen molar-refractivity contribution in [2.24, 2.45) is 5.92 Å². The quantitative estimate of drug-likeness (QED) is 0.535. The number of hydrogen-bond donors (Lipinski definition) is 0. The summed E-state index contributed by atoms with van der Waals surface area (Å²) in [4.78, 5) is 0. The van der Waals surface area contributed by atoms with Gasteiger partial charge in [-0.05, 0) is 12.3 Å². The molecular weight excluding hydrogens is 165 g/mol. The first-order valence-electron chi connectivity index (χ1n) is 3.62. The van der Waals surface area contributed by atoms with Crippen LogP contribution in [0.5, 0.6) is 0 Å². The maximum Gasteiger partial charge on any atom is 0.416 e. The van der Waals surface area contributed by atoms with Crippen molar-refractivity contribution in [3.8, 4) is 0 Å². The predicted octanol–water partition coefficient (Wildman–Crippen LogP) is 3.24. The fraction of sp³-hybridized carbons (Fsp3) is 0.333. The Kier molecular flexibility index (Phi) is 2.40. The summed E-state index contributed by atoms with van der Waals surface area (Å²) in [6.07, 6.45) is 1.66. The average Bonchev–Trinajstić information content (AvgIpc) is 2.03. The minimum atomic E-state index is -4.21. The van der Waals surface area contributed by atoms with Gasteiger partial charge in [0, 0.05) is 0 Å². The average molecular weight is 174 g/mol. The van der Waals surface area contributed by atoms with Gasteiger partial charge in [-0.2, -0.15) is 13.2 Å². The van der Waals surface area contributed by atoms with Crippen LogP contribution >= 0.6 is 0 Å². The molecule has 1 aliphatic rings. The number of rotatable bonds is 1. The molecule has 1 aliphatic carbocycles. The van der Waals surface area contributed by atoms with Gasteiger partial charge >= 0.3 is 6.18 Å².